The lowest BCUT2D eigenvalue weighted by Crippen LogP contribution is -2.32. The van der Waals surface area contributed by atoms with Gasteiger partial charge in [-0.15, -0.1) is 0 Å². The Kier molecular flexibility index (Phi) is 3.27. The number of nitrogens with one attached hydrogen (secondary N) is 1. The van der Waals surface area contributed by atoms with E-state index < -0.39 is 0 Å². The van der Waals surface area contributed by atoms with Crippen molar-refractivity contribution in [1.29, 1.82) is 0 Å². The first-order valence-corrected chi connectivity index (χ1v) is 6.88. The second kappa shape index (κ2) is 5.05. The molecule has 1 aromatic heterocycles. The van der Waals surface area contributed by atoms with Crippen LogP contribution in [0.25, 0.3) is 0 Å². The van der Waals surface area contributed by atoms with E-state index in [0.717, 1.165) is 6.54 Å². The van der Waals surface area contributed by atoms with Crippen LogP contribution in [-0.4, -0.2) is 24.6 Å². The third-order valence-corrected chi connectivity index (χ3v) is 3.91. The van der Waals surface area contributed by atoms with Gasteiger partial charge in [-0.25, -0.2) is 4.98 Å². The zero-order chi connectivity index (χ0) is 11.5. The molecule has 2 aliphatic rings. The van der Waals surface area contributed by atoms with Crippen LogP contribution in [0.5, 0.6) is 0 Å². The van der Waals surface area contributed by atoms with Crippen molar-refractivity contribution >= 4 is 5.82 Å². The minimum absolute atomic E-state index is 0.528. The summed E-state index contributed by atoms with van der Waals surface area (Å²) in [4.78, 5) is 7.10. The van der Waals surface area contributed by atoms with Gasteiger partial charge in [0, 0.05) is 30.9 Å². The third-order valence-electron chi connectivity index (χ3n) is 3.91. The summed E-state index contributed by atoms with van der Waals surface area (Å²) in [7, 11) is 0. The molecule has 2 aliphatic heterocycles. The fourth-order valence-corrected chi connectivity index (χ4v) is 3.00. The Morgan fingerprint density at radius 3 is 2.82 bits per heavy atom. The van der Waals surface area contributed by atoms with Gasteiger partial charge in [-0.1, -0.05) is 6.07 Å². The number of nitrogens with zero attached hydrogens (tertiary/aromatic N) is 2. The maximum atomic E-state index is 4.63. The summed E-state index contributed by atoms with van der Waals surface area (Å²) in [6.07, 6.45) is 8.48. The van der Waals surface area contributed by atoms with Crippen molar-refractivity contribution in [3.8, 4) is 0 Å². The average Bonchev–Trinajstić information content (AvgIpc) is 2.94. The number of pyridine rings is 1. The number of anilines is 1. The number of rotatable bonds is 2. The molecule has 0 bridgehead atoms. The molecule has 1 aromatic rings. The largest absolute Gasteiger partial charge is 0.356 e. The molecular weight excluding hydrogens is 210 g/mol. The highest BCUT2D eigenvalue weighted by Crippen LogP contribution is 2.30. The van der Waals surface area contributed by atoms with E-state index in [9.17, 15) is 0 Å². The Hall–Kier alpha value is -1.09. The highest BCUT2D eigenvalue weighted by molar-refractivity contribution is 5.49. The number of aromatic nitrogens is 1. The molecule has 3 nitrogen and oxygen atoms in total. The van der Waals surface area contributed by atoms with E-state index in [-0.39, 0.29) is 0 Å². The maximum absolute atomic E-state index is 4.63. The van der Waals surface area contributed by atoms with Crippen molar-refractivity contribution in [3.05, 3.63) is 23.9 Å². The molecule has 3 heteroatoms. The normalized spacial score (nSPS) is 25.2. The van der Waals surface area contributed by atoms with Gasteiger partial charge in [0.25, 0.3) is 0 Å². The molecule has 0 unspecified atom stereocenters. The SMILES string of the molecule is c1cnc(N2CCCCC2)c([C@@H]2CCCN2)c1. The van der Waals surface area contributed by atoms with Gasteiger partial charge in [0.05, 0.1) is 0 Å². The molecule has 3 rings (SSSR count). The Bertz CT molecular complexity index is 365. The summed E-state index contributed by atoms with van der Waals surface area (Å²) in [6, 6.07) is 4.85. The molecule has 0 radical (unpaired) electrons. The van der Waals surface area contributed by atoms with Crippen LogP contribution in [0, 0.1) is 0 Å². The van der Waals surface area contributed by atoms with E-state index in [1.165, 1.54) is 56.6 Å². The molecule has 2 saturated heterocycles. The Morgan fingerprint density at radius 1 is 1.18 bits per heavy atom. The molecule has 1 atom stereocenters. The number of hydrogen-bond donors (Lipinski definition) is 1. The van der Waals surface area contributed by atoms with E-state index in [1.54, 1.807) is 0 Å². The van der Waals surface area contributed by atoms with Gasteiger partial charge < -0.3 is 10.2 Å². The first kappa shape index (κ1) is 11.0. The predicted molar refractivity (Wildman–Crippen MR) is 70.3 cm³/mol. The summed E-state index contributed by atoms with van der Waals surface area (Å²) in [5, 5.41) is 3.59. The lowest BCUT2D eigenvalue weighted by Gasteiger charge is -2.30. The van der Waals surface area contributed by atoms with Crippen LogP contribution in [-0.2, 0) is 0 Å². The predicted octanol–water partition coefficient (Wildman–Crippen LogP) is 2.50. The summed E-state index contributed by atoms with van der Waals surface area (Å²) in [6.45, 7) is 3.51. The summed E-state index contributed by atoms with van der Waals surface area (Å²) >= 11 is 0. The average molecular weight is 231 g/mol. The molecule has 0 saturated carbocycles. The maximum Gasteiger partial charge on any atom is 0.133 e. The van der Waals surface area contributed by atoms with Crippen molar-refractivity contribution in [3.63, 3.8) is 0 Å². The topological polar surface area (TPSA) is 28.2 Å². The molecule has 0 aliphatic carbocycles. The molecule has 1 N–H and O–H groups in total. The van der Waals surface area contributed by atoms with Crippen LogP contribution >= 0.6 is 0 Å². The Labute approximate surface area is 103 Å². The van der Waals surface area contributed by atoms with E-state index in [0.29, 0.717) is 6.04 Å². The molecule has 3 heterocycles. The van der Waals surface area contributed by atoms with Gasteiger partial charge in [-0.2, -0.15) is 0 Å². The van der Waals surface area contributed by atoms with E-state index in [1.807, 2.05) is 6.20 Å². The molecule has 0 amide bonds. The van der Waals surface area contributed by atoms with Crippen molar-refractivity contribution in [2.24, 2.45) is 0 Å². The zero-order valence-corrected chi connectivity index (χ0v) is 10.4. The monoisotopic (exact) mass is 231 g/mol. The quantitative estimate of drug-likeness (QED) is 0.847. The second-order valence-corrected chi connectivity index (χ2v) is 5.11. The third kappa shape index (κ3) is 2.29. The fourth-order valence-electron chi connectivity index (χ4n) is 3.00. The van der Waals surface area contributed by atoms with Gasteiger partial charge in [0.15, 0.2) is 0 Å². The van der Waals surface area contributed by atoms with Gasteiger partial charge in [0.2, 0.25) is 0 Å². The standard InChI is InChI=1S/C14H21N3/c1-2-10-17(11-3-1)14-12(6-4-9-16-14)13-7-5-8-15-13/h4,6,9,13,15H,1-3,5,7-8,10-11H2/t13-/m0/s1. The van der Waals surface area contributed by atoms with Crippen molar-refractivity contribution < 1.29 is 0 Å². The zero-order valence-electron chi connectivity index (χ0n) is 10.4. The van der Waals surface area contributed by atoms with E-state index in [4.69, 9.17) is 0 Å². The molecule has 17 heavy (non-hydrogen) atoms. The Balaban J connectivity index is 1.86. The minimum Gasteiger partial charge on any atom is -0.356 e. The van der Waals surface area contributed by atoms with Crippen LogP contribution in [0.15, 0.2) is 18.3 Å². The fraction of sp³-hybridized carbons (Fsp3) is 0.643. The van der Waals surface area contributed by atoms with Gasteiger partial charge in [-0.05, 0) is 44.7 Å². The van der Waals surface area contributed by atoms with Crippen molar-refractivity contribution in [2.75, 3.05) is 24.5 Å². The summed E-state index contributed by atoms with van der Waals surface area (Å²) < 4.78 is 0. The number of piperidine rings is 1. The highest BCUT2D eigenvalue weighted by Gasteiger charge is 2.23. The van der Waals surface area contributed by atoms with E-state index >= 15 is 0 Å². The van der Waals surface area contributed by atoms with E-state index in [2.05, 4.69) is 27.3 Å². The molecular formula is C14H21N3. The van der Waals surface area contributed by atoms with Gasteiger partial charge in [-0.3, -0.25) is 0 Å². The highest BCUT2D eigenvalue weighted by atomic mass is 15.2. The van der Waals surface area contributed by atoms with Gasteiger partial charge >= 0.3 is 0 Å². The van der Waals surface area contributed by atoms with Crippen LogP contribution < -0.4 is 10.2 Å². The first-order valence-electron chi connectivity index (χ1n) is 6.88. The van der Waals surface area contributed by atoms with Gasteiger partial charge in [0.1, 0.15) is 5.82 Å². The molecule has 0 spiro atoms. The van der Waals surface area contributed by atoms with Crippen LogP contribution in [0.2, 0.25) is 0 Å². The number of hydrogen-bond acceptors (Lipinski definition) is 3. The van der Waals surface area contributed by atoms with Crippen molar-refractivity contribution in [2.45, 2.75) is 38.1 Å². The van der Waals surface area contributed by atoms with Crippen molar-refractivity contribution in [1.82, 2.24) is 10.3 Å². The second-order valence-electron chi connectivity index (χ2n) is 5.11. The molecule has 0 aromatic carbocycles. The molecule has 2 fully saturated rings. The minimum atomic E-state index is 0.528. The smallest absolute Gasteiger partial charge is 0.133 e. The Morgan fingerprint density at radius 2 is 2.06 bits per heavy atom. The molecule has 92 valence electrons. The van der Waals surface area contributed by atoms with Crippen LogP contribution in [0.1, 0.15) is 43.7 Å². The first-order chi connectivity index (χ1) is 8.45. The lowest BCUT2D eigenvalue weighted by atomic mass is 10.0. The summed E-state index contributed by atoms with van der Waals surface area (Å²) in [5.41, 5.74) is 1.41. The van der Waals surface area contributed by atoms with Crippen LogP contribution in [0.4, 0.5) is 5.82 Å². The van der Waals surface area contributed by atoms with Crippen LogP contribution in [0.3, 0.4) is 0 Å². The lowest BCUT2D eigenvalue weighted by molar-refractivity contribution is 0.564. The summed E-state index contributed by atoms with van der Waals surface area (Å²) in [5.74, 6) is 1.23.